The van der Waals surface area contributed by atoms with Crippen LogP contribution in [0.15, 0.2) is 0 Å². The van der Waals surface area contributed by atoms with E-state index in [4.69, 9.17) is 0 Å². The van der Waals surface area contributed by atoms with Crippen molar-refractivity contribution in [2.75, 3.05) is 30.4 Å². The van der Waals surface area contributed by atoms with Crippen molar-refractivity contribution in [1.82, 2.24) is 0 Å². The molecule has 2 nitrogen and oxygen atoms in total. The standard InChI is InChI=1S/C17H35F3O2PS/c1-4-7-12-23(13-8-5-2,14-9-6-3)15-10-11-16-24(21,22)17(18,19)20/h4-16H2,1-3H3/q+1. The Kier molecular flexibility index (Phi) is 11.8. The lowest BCUT2D eigenvalue weighted by Crippen LogP contribution is -2.26. The van der Waals surface area contributed by atoms with Gasteiger partial charge in [-0.05, 0) is 32.1 Å². The maximum Gasteiger partial charge on any atom is 0.497 e. The lowest BCUT2D eigenvalue weighted by molar-refractivity contribution is -0.0435. The molecule has 0 aliphatic carbocycles. The average Bonchev–Trinajstić information content (AvgIpc) is 2.51. The summed E-state index contributed by atoms with van der Waals surface area (Å²) in [6, 6.07) is 0. The fraction of sp³-hybridized carbons (Fsp3) is 1.00. The molecule has 0 aliphatic heterocycles. The molecule has 0 spiro atoms. The van der Waals surface area contributed by atoms with E-state index in [0.717, 1.165) is 25.4 Å². The Morgan fingerprint density at radius 1 is 0.708 bits per heavy atom. The van der Waals surface area contributed by atoms with E-state index in [-0.39, 0.29) is 6.42 Å². The Morgan fingerprint density at radius 3 is 1.42 bits per heavy atom. The first-order valence-corrected chi connectivity index (χ1v) is 13.5. The van der Waals surface area contributed by atoms with E-state index in [1.54, 1.807) is 0 Å². The third-order valence-corrected chi connectivity index (χ3v) is 11.2. The summed E-state index contributed by atoms with van der Waals surface area (Å²) >= 11 is 0. The van der Waals surface area contributed by atoms with Crippen molar-refractivity contribution < 1.29 is 21.6 Å². The third-order valence-electron chi connectivity index (χ3n) is 4.61. The molecule has 0 aromatic carbocycles. The summed E-state index contributed by atoms with van der Waals surface area (Å²) in [5, 5.41) is 0. The van der Waals surface area contributed by atoms with Crippen molar-refractivity contribution in [3.63, 3.8) is 0 Å². The second-order valence-electron chi connectivity index (χ2n) is 6.77. The van der Waals surface area contributed by atoms with Gasteiger partial charge < -0.3 is 0 Å². The summed E-state index contributed by atoms with van der Waals surface area (Å²) in [6.45, 7) is 6.51. The summed E-state index contributed by atoms with van der Waals surface area (Å²) in [5.41, 5.74) is -5.11. The first-order valence-electron chi connectivity index (χ1n) is 9.28. The highest BCUT2D eigenvalue weighted by atomic mass is 32.2. The van der Waals surface area contributed by atoms with E-state index >= 15 is 0 Å². The molecule has 0 unspecified atom stereocenters. The molecule has 0 fully saturated rings. The van der Waals surface area contributed by atoms with E-state index in [1.807, 2.05) is 0 Å². The molecule has 24 heavy (non-hydrogen) atoms. The lowest BCUT2D eigenvalue weighted by atomic mass is 10.4. The molecule has 0 rings (SSSR count). The number of unbranched alkanes of at least 4 members (excludes halogenated alkanes) is 4. The van der Waals surface area contributed by atoms with Crippen LogP contribution < -0.4 is 0 Å². The predicted molar refractivity (Wildman–Crippen MR) is 100 cm³/mol. The highest BCUT2D eigenvalue weighted by Gasteiger charge is 2.45. The summed E-state index contributed by atoms with van der Waals surface area (Å²) in [4.78, 5) is 0. The second kappa shape index (κ2) is 11.7. The van der Waals surface area contributed by atoms with Crippen LogP contribution in [-0.2, 0) is 9.84 Å². The molecule has 0 aliphatic rings. The van der Waals surface area contributed by atoms with Crippen molar-refractivity contribution in [2.24, 2.45) is 0 Å². The molecule has 0 saturated carbocycles. The summed E-state index contributed by atoms with van der Waals surface area (Å²) in [7, 11) is -6.10. The third kappa shape index (κ3) is 9.03. The molecule has 146 valence electrons. The molecular formula is C17H35F3O2PS+. The Balaban J connectivity index is 4.72. The normalized spacial score (nSPS) is 13.4. The Morgan fingerprint density at radius 2 is 1.08 bits per heavy atom. The van der Waals surface area contributed by atoms with Crippen molar-refractivity contribution in [3.8, 4) is 0 Å². The van der Waals surface area contributed by atoms with Gasteiger partial charge in [0.2, 0.25) is 9.84 Å². The van der Waals surface area contributed by atoms with Crippen molar-refractivity contribution in [1.29, 1.82) is 0 Å². The van der Waals surface area contributed by atoms with Gasteiger partial charge in [-0.2, -0.15) is 13.2 Å². The van der Waals surface area contributed by atoms with Gasteiger partial charge in [-0.1, -0.05) is 40.0 Å². The maximum absolute atomic E-state index is 12.4. The number of hydrogen-bond acceptors (Lipinski definition) is 2. The average molecular weight is 392 g/mol. The monoisotopic (exact) mass is 391 g/mol. The summed E-state index contributed by atoms with van der Waals surface area (Å²) in [5.74, 6) is -0.758. The molecule has 0 N–H and O–H groups in total. The van der Waals surface area contributed by atoms with Crippen LogP contribution in [0.3, 0.4) is 0 Å². The number of rotatable bonds is 14. The topological polar surface area (TPSA) is 34.1 Å². The van der Waals surface area contributed by atoms with Crippen LogP contribution in [-0.4, -0.2) is 44.3 Å². The van der Waals surface area contributed by atoms with E-state index < -0.39 is 28.4 Å². The van der Waals surface area contributed by atoms with E-state index in [1.165, 1.54) is 37.7 Å². The number of halogens is 3. The van der Waals surface area contributed by atoms with Crippen molar-refractivity contribution >= 4 is 17.1 Å². The Hall–Kier alpha value is 0.170. The van der Waals surface area contributed by atoms with Crippen LogP contribution in [0.4, 0.5) is 13.2 Å². The van der Waals surface area contributed by atoms with Crippen LogP contribution in [0.1, 0.15) is 72.1 Å². The van der Waals surface area contributed by atoms with Gasteiger partial charge >= 0.3 is 5.51 Å². The fourth-order valence-electron chi connectivity index (χ4n) is 3.01. The SMILES string of the molecule is CCCC[P+](CCCC)(CCCC)CCCCS(=O)(=O)C(F)(F)F. The number of hydrogen-bond donors (Lipinski definition) is 0. The maximum atomic E-state index is 12.4. The molecule has 0 aromatic heterocycles. The van der Waals surface area contributed by atoms with Crippen molar-refractivity contribution in [3.05, 3.63) is 0 Å². The predicted octanol–water partition coefficient (Wildman–Crippen LogP) is 6.12. The van der Waals surface area contributed by atoms with Crippen LogP contribution >= 0.6 is 7.26 Å². The molecule has 0 aromatic rings. The van der Waals surface area contributed by atoms with Crippen molar-refractivity contribution in [2.45, 2.75) is 77.6 Å². The quantitative estimate of drug-likeness (QED) is 0.264. The second-order valence-corrected chi connectivity index (χ2v) is 13.3. The van der Waals surface area contributed by atoms with E-state index in [2.05, 4.69) is 20.8 Å². The highest BCUT2D eigenvalue weighted by Crippen LogP contribution is 2.61. The van der Waals surface area contributed by atoms with Gasteiger partial charge in [-0.25, -0.2) is 8.42 Å². The molecule has 0 heterocycles. The smallest absolute Gasteiger partial charge is 0.220 e. The van der Waals surface area contributed by atoms with Gasteiger partial charge in [0.25, 0.3) is 0 Å². The first-order chi connectivity index (χ1) is 11.1. The number of alkyl halides is 3. The Bertz CT molecular complexity index is 400. The molecule has 0 bridgehead atoms. The van der Waals surface area contributed by atoms with Gasteiger partial charge in [0.05, 0.1) is 30.4 Å². The minimum atomic E-state index is -5.11. The van der Waals surface area contributed by atoms with E-state index in [9.17, 15) is 21.6 Å². The lowest BCUT2D eigenvalue weighted by Gasteiger charge is -2.28. The van der Waals surface area contributed by atoms with Crippen LogP contribution in [0.5, 0.6) is 0 Å². The minimum absolute atomic E-state index is 0.133. The minimum Gasteiger partial charge on any atom is -0.220 e. The van der Waals surface area contributed by atoms with Crippen LogP contribution in [0.25, 0.3) is 0 Å². The summed E-state index contributed by atoms with van der Waals surface area (Å²) < 4.78 is 59.6. The molecule has 0 atom stereocenters. The fourth-order valence-corrected chi connectivity index (χ4v) is 9.02. The van der Waals surface area contributed by atoms with E-state index in [0.29, 0.717) is 6.42 Å². The van der Waals surface area contributed by atoms with Gasteiger partial charge in [0, 0.05) is 7.26 Å². The van der Waals surface area contributed by atoms with Gasteiger partial charge in [-0.15, -0.1) is 0 Å². The van der Waals surface area contributed by atoms with Gasteiger partial charge in [-0.3, -0.25) is 0 Å². The van der Waals surface area contributed by atoms with Crippen LogP contribution in [0, 0.1) is 0 Å². The molecule has 0 amide bonds. The molecule has 7 heteroatoms. The van der Waals surface area contributed by atoms with Gasteiger partial charge in [0.1, 0.15) is 0 Å². The molecule has 0 radical (unpaired) electrons. The molecule has 0 saturated heterocycles. The number of sulfone groups is 1. The zero-order valence-corrected chi connectivity index (χ0v) is 17.2. The zero-order valence-electron chi connectivity index (χ0n) is 15.5. The molecular weight excluding hydrogens is 356 g/mol. The van der Waals surface area contributed by atoms with Gasteiger partial charge in [0.15, 0.2) is 0 Å². The first kappa shape index (κ1) is 24.2. The summed E-state index contributed by atoms with van der Waals surface area (Å²) in [6.07, 6.45) is 12.3. The largest absolute Gasteiger partial charge is 0.497 e. The zero-order chi connectivity index (χ0) is 18.7. The highest BCUT2D eigenvalue weighted by molar-refractivity contribution is 7.92. The van der Waals surface area contributed by atoms with Crippen LogP contribution in [0.2, 0.25) is 0 Å². The Labute approximate surface area is 147 Å².